The van der Waals surface area contributed by atoms with E-state index in [4.69, 9.17) is 4.74 Å². The van der Waals surface area contributed by atoms with E-state index < -0.39 is 12.1 Å². The third kappa shape index (κ3) is 4.03. The molecule has 0 bridgehead atoms. The summed E-state index contributed by atoms with van der Waals surface area (Å²) < 4.78 is 19.9. The molecule has 0 fully saturated rings. The number of amides is 1. The summed E-state index contributed by atoms with van der Waals surface area (Å²) in [6.07, 6.45) is 1.77. The number of ether oxygens (including phenoxy) is 1. The number of benzene rings is 2. The van der Waals surface area contributed by atoms with Crippen molar-refractivity contribution >= 4 is 17.6 Å². The Bertz CT molecular complexity index is 939. The fourth-order valence-electron chi connectivity index (χ4n) is 2.58. The molecule has 0 aliphatic heterocycles. The number of rotatable bonds is 5. The molecule has 0 saturated heterocycles. The lowest BCUT2D eigenvalue weighted by Crippen LogP contribution is -2.37. The molecule has 1 atom stereocenters. The average Bonchev–Trinajstić information content (AvgIpc) is 3.18. The quantitative estimate of drug-likeness (QED) is 0.650. The van der Waals surface area contributed by atoms with Gasteiger partial charge in [-0.3, -0.25) is 9.36 Å². The van der Waals surface area contributed by atoms with Crippen LogP contribution >= 0.6 is 0 Å². The third-order valence-electron chi connectivity index (χ3n) is 4.06. The zero-order valence-electron chi connectivity index (χ0n) is 14.9. The van der Waals surface area contributed by atoms with Crippen molar-refractivity contribution in [1.29, 1.82) is 0 Å². The van der Waals surface area contributed by atoms with Gasteiger partial charge in [-0.15, -0.1) is 0 Å². The molecular weight excluding hydrogens is 349 g/mol. The fourth-order valence-corrected chi connectivity index (χ4v) is 2.58. The molecule has 0 unspecified atom stereocenters. The van der Waals surface area contributed by atoms with Gasteiger partial charge in [0.25, 0.3) is 5.91 Å². The Morgan fingerprint density at radius 3 is 2.44 bits per heavy atom. The van der Waals surface area contributed by atoms with Crippen molar-refractivity contribution in [2.24, 2.45) is 0 Å². The molecule has 0 aliphatic carbocycles. The maximum atomic E-state index is 13.1. The van der Waals surface area contributed by atoms with Gasteiger partial charge in [0.2, 0.25) is 0 Å². The summed E-state index contributed by atoms with van der Waals surface area (Å²) in [5, 5.41) is 0. The minimum atomic E-state index is -0.987. The summed E-state index contributed by atoms with van der Waals surface area (Å²) in [6, 6.07) is 14.7. The van der Waals surface area contributed by atoms with Crippen LogP contribution in [0.5, 0.6) is 0 Å². The number of carbonyl (C=O) groups excluding carboxylic acids is 2. The maximum absolute atomic E-state index is 13.1. The highest BCUT2D eigenvalue weighted by molar-refractivity contribution is 5.98. The predicted molar refractivity (Wildman–Crippen MR) is 98.3 cm³/mol. The van der Waals surface area contributed by atoms with Gasteiger partial charge < -0.3 is 9.64 Å². The van der Waals surface area contributed by atoms with E-state index >= 15 is 0 Å². The summed E-state index contributed by atoms with van der Waals surface area (Å²) in [6.45, 7) is 1.51. The van der Waals surface area contributed by atoms with Gasteiger partial charge in [0.1, 0.15) is 5.82 Å². The Morgan fingerprint density at radius 2 is 1.78 bits per heavy atom. The first-order valence-electron chi connectivity index (χ1n) is 8.29. The lowest BCUT2D eigenvalue weighted by Gasteiger charge is -2.21. The van der Waals surface area contributed by atoms with Crippen LogP contribution in [-0.4, -0.2) is 34.6 Å². The molecule has 3 rings (SSSR count). The molecule has 0 spiro atoms. The zero-order chi connectivity index (χ0) is 19.4. The van der Waals surface area contributed by atoms with E-state index in [0.29, 0.717) is 11.4 Å². The van der Waals surface area contributed by atoms with Crippen molar-refractivity contribution in [2.45, 2.75) is 13.0 Å². The molecule has 0 radical (unpaired) electrons. The number of hydrogen-bond donors (Lipinski definition) is 0. The summed E-state index contributed by atoms with van der Waals surface area (Å²) in [5.74, 6) is -1.44. The summed E-state index contributed by atoms with van der Waals surface area (Å²) in [7, 11) is 1.62. The second-order valence-electron chi connectivity index (χ2n) is 5.91. The van der Waals surface area contributed by atoms with Crippen LogP contribution in [0.15, 0.2) is 67.1 Å². The Balaban J connectivity index is 1.73. The summed E-state index contributed by atoms with van der Waals surface area (Å²) in [4.78, 5) is 30.4. The molecule has 7 heteroatoms. The SMILES string of the molecule is C[C@H](OC(=O)c1cncn1-c1ccc(F)cc1)C(=O)N(C)c1ccccc1. The number of likely N-dealkylation sites (N-methyl/N-ethyl adjacent to an activating group) is 1. The van der Waals surface area contributed by atoms with Crippen molar-refractivity contribution in [3.05, 3.63) is 78.6 Å². The summed E-state index contributed by atoms with van der Waals surface area (Å²) in [5.41, 5.74) is 1.40. The lowest BCUT2D eigenvalue weighted by atomic mass is 10.2. The van der Waals surface area contributed by atoms with Crippen LogP contribution in [0.1, 0.15) is 17.4 Å². The minimum absolute atomic E-state index is 0.142. The summed E-state index contributed by atoms with van der Waals surface area (Å²) >= 11 is 0. The molecule has 6 nitrogen and oxygen atoms in total. The van der Waals surface area contributed by atoms with Crippen LogP contribution in [0.25, 0.3) is 5.69 Å². The first-order valence-corrected chi connectivity index (χ1v) is 8.29. The largest absolute Gasteiger partial charge is 0.448 e. The number of nitrogens with zero attached hydrogens (tertiary/aromatic N) is 3. The second kappa shape index (κ2) is 7.82. The molecule has 0 aliphatic rings. The Hall–Kier alpha value is -3.48. The van der Waals surface area contributed by atoms with Gasteiger partial charge in [0.05, 0.1) is 12.5 Å². The van der Waals surface area contributed by atoms with Crippen molar-refractivity contribution in [3.8, 4) is 5.69 Å². The highest BCUT2D eigenvalue weighted by atomic mass is 19.1. The van der Waals surface area contributed by atoms with Crippen molar-refractivity contribution in [2.75, 3.05) is 11.9 Å². The van der Waals surface area contributed by atoms with Gasteiger partial charge in [0.15, 0.2) is 11.8 Å². The van der Waals surface area contributed by atoms with Crippen LogP contribution in [0.2, 0.25) is 0 Å². The van der Waals surface area contributed by atoms with Gasteiger partial charge in [-0.25, -0.2) is 14.2 Å². The van der Waals surface area contributed by atoms with Crippen LogP contribution in [-0.2, 0) is 9.53 Å². The van der Waals surface area contributed by atoms with Crippen molar-refractivity contribution in [3.63, 3.8) is 0 Å². The number of imidazole rings is 1. The molecule has 1 amide bonds. The standard InChI is InChI=1S/C20H18FN3O3/c1-14(19(25)23(2)16-6-4-3-5-7-16)27-20(26)18-12-22-13-24(18)17-10-8-15(21)9-11-17/h3-14H,1-2H3/t14-/m0/s1. The fraction of sp³-hybridized carbons (Fsp3) is 0.150. The molecular formula is C20H18FN3O3. The first-order chi connectivity index (χ1) is 13.0. The van der Waals surface area contributed by atoms with Crippen LogP contribution < -0.4 is 4.90 Å². The average molecular weight is 367 g/mol. The molecule has 1 heterocycles. The van der Waals surface area contributed by atoms with E-state index in [1.807, 2.05) is 18.2 Å². The van der Waals surface area contributed by atoms with Crippen LogP contribution in [0.3, 0.4) is 0 Å². The number of para-hydroxylation sites is 1. The van der Waals surface area contributed by atoms with Crippen molar-refractivity contribution in [1.82, 2.24) is 9.55 Å². The van der Waals surface area contributed by atoms with E-state index in [1.165, 1.54) is 53.2 Å². The molecule has 27 heavy (non-hydrogen) atoms. The van der Waals surface area contributed by atoms with E-state index in [1.54, 1.807) is 19.2 Å². The van der Waals surface area contributed by atoms with E-state index in [-0.39, 0.29) is 17.4 Å². The number of hydrogen-bond acceptors (Lipinski definition) is 4. The number of halogens is 1. The number of aromatic nitrogens is 2. The predicted octanol–water partition coefficient (Wildman–Crippen LogP) is 3.22. The minimum Gasteiger partial charge on any atom is -0.448 e. The van der Waals surface area contributed by atoms with Crippen LogP contribution in [0.4, 0.5) is 10.1 Å². The normalized spacial score (nSPS) is 11.7. The topological polar surface area (TPSA) is 64.4 Å². The molecule has 1 aromatic heterocycles. The van der Waals surface area contributed by atoms with Gasteiger partial charge in [-0.2, -0.15) is 0 Å². The Morgan fingerprint density at radius 1 is 1.11 bits per heavy atom. The van der Waals surface area contributed by atoms with Gasteiger partial charge in [-0.05, 0) is 43.3 Å². The van der Waals surface area contributed by atoms with Crippen LogP contribution in [0, 0.1) is 5.82 Å². The molecule has 3 aromatic rings. The van der Waals surface area contributed by atoms with Crippen molar-refractivity contribution < 1.29 is 18.7 Å². The number of anilines is 1. The maximum Gasteiger partial charge on any atom is 0.357 e. The zero-order valence-corrected chi connectivity index (χ0v) is 14.9. The second-order valence-corrected chi connectivity index (χ2v) is 5.91. The van der Waals surface area contributed by atoms with E-state index in [2.05, 4.69) is 4.98 Å². The highest BCUT2D eigenvalue weighted by Crippen LogP contribution is 2.16. The number of esters is 1. The smallest absolute Gasteiger partial charge is 0.357 e. The monoisotopic (exact) mass is 367 g/mol. The third-order valence-corrected chi connectivity index (χ3v) is 4.06. The highest BCUT2D eigenvalue weighted by Gasteiger charge is 2.25. The van der Waals surface area contributed by atoms with E-state index in [0.717, 1.165) is 0 Å². The van der Waals surface area contributed by atoms with Gasteiger partial charge >= 0.3 is 5.97 Å². The van der Waals surface area contributed by atoms with Gasteiger partial charge in [0, 0.05) is 18.4 Å². The number of carbonyl (C=O) groups is 2. The lowest BCUT2D eigenvalue weighted by molar-refractivity contribution is -0.126. The van der Waals surface area contributed by atoms with Gasteiger partial charge in [-0.1, -0.05) is 18.2 Å². The Labute approximate surface area is 155 Å². The van der Waals surface area contributed by atoms with E-state index in [9.17, 15) is 14.0 Å². The molecule has 138 valence electrons. The molecule has 0 saturated carbocycles. The Kier molecular flexibility index (Phi) is 5.30. The molecule has 2 aromatic carbocycles. The first kappa shape index (κ1) is 18.3. The molecule has 0 N–H and O–H groups in total.